The first-order valence-electron chi connectivity index (χ1n) is 5.75. The van der Waals surface area contributed by atoms with Gasteiger partial charge in [0.1, 0.15) is 6.04 Å². The van der Waals surface area contributed by atoms with Crippen LogP contribution in [0.3, 0.4) is 0 Å². The van der Waals surface area contributed by atoms with Crippen molar-refractivity contribution in [1.29, 1.82) is 0 Å². The van der Waals surface area contributed by atoms with Crippen molar-refractivity contribution in [1.82, 2.24) is 5.32 Å². The predicted octanol–water partition coefficient (Wildman–Crippen LogP) is 2.07. The highest BCUT2D eigenvalue weighted by Crippen LogP contribution is 2.48. The van der Waals surface area contributed by atoms with Crippen molar-refractivity contribution in [3.8, 4) is 0 Å². The first-order chi connectivity index (χ1) is 8.45. The van der Waals surface area contributed by atoms with Crippen molar-refractivity contribution >= 4 is 27.8 Å². The van der Waals surface area contributed by atoms with Crippen LogP contribution in [-0.4, -0.2) is 23.0 Å². The lowest BCUT2D eigenvalue weighted by Gasteiger charge is -2.18. The van der Waals surface area contributed by atoms with Crippen LogP contribution in [0.15, 0.2) is 28.7 Å². The number of amides is 1. The van der Waals surface area contributed by atoms with Crippen LogP contribution in [0, 0.1) is 0 Å². The molecule has 1 aliphatic carbocycles. The fourth-order valence-corrected chi connectivity index (χ4v) is 2.35. The Labute approximate surface area is 114 Å². The van der Waals surface area contributed by atoms with Crippen LogP contribution in [-0.2, 0) is 15.0 Å². The van der Waals surface area contributed by atoms with Gasteiger partial charge >= 0.3 is 5.97 Å². The molecule has 2 rings (SSSR count). The molecule has 0 spiro atoms. The van der Waals surface area contributed by atoms with Crippen LogP contribution in [0.5, 0.6) is 0 Å². The predicted molar refractivity (Wildman–Crippen MR) is 70.3 cm³/mol. The van der Waals surface area contributed by atoms with E-state index in [0.29, 0.717) is 0 Å². The van der Waals surface area contributed by atoms with E-state index in [1.807, 2.05) is 24.3 Å². The summed E-state index contributed by atoms with van der Waals surface area (Å²) in [5.74, 6) is -1.22. The molecule has 0 heterocycles. The van der Waals surface area contributed by atoms with Crippen molar-refractivity contribution in [2.24, 2.45) is 0 Å². The molecule has 1 atom stereocenters. The molecule has 1 aliphatic rings. The summed E-state index contributed by atoms with van der Waals surface area (Å²) in [5.41, 5.74) is 0.403. The zero-order chi connectivity index (χ0) is 13.3. The molecule has 0 aliphatic heterocycles. The Morgan fingerprint density at radius 1 is 1.44 bits per heavy atom. The zero-order valence-electron chi connectivity index (χ0n) is 9.94. The van der Waals surface area contributed by atoms with Crippen LogP contribution < -0.4 is 5.32 Å². The van der Waals surface area contributed by atoms with Gasteiger partial charge in [-0.1, -0.05) is 28.1 Å². The normalized spacial score (nSPS) is 17.9. The van der Waals surface area contributed by atoms with Gasteiger partial charge in [0.05, 0.1) is 5.41 Å². The van der Waals surface area contributed by atoms with Crippen LogP contribution in [0.1, 0.15) is 25.3 Å². The first kappa shape index (κ1) is 13.1. The molecule has 1 amide bonds. The number of carboxylic acids is 1. The molecule has 18 heavy (non-hydrogen) atoms. The molecule has 0 saturated heterocycles. The van der Waals surface area contributed by atoms with Gasteiger partial charge in [-0.3, -0.25) is 9.59 Å². The van der Waals surface area contributed by atoms with E-state index >= 15 is 0 Å². The quantitative estimate of drug-likeness (QED) is 0.894. The van der Waals surface area contributed by atoms with E-state index in [-0.39, 0.29) is 5.91 Å². The fourth-order valence-electron chi connectivity index (χ4n) is 1.95. The number of rotatable bonds is 4. The number of carbonyl (C=O) groups is 2. The van der Waals surface area contributed by atoms with Gasteiger partial charge < -0.3 is 10.4 Å². The SMILES string of the molecule is CC(NC(=O)C1(c2cccc(Br)c2)CC1)C(=O)O. The maximum atomic E-state index is 12.2. The lowest BCUT2D eigenvalue weighted by molar-refractivity contribution is -0.141. The standard InChI is InChI=1S/C13H14BrNO3/c1-8(11(16)17)15-12(18)13(5-6-13)9-3-2-4-10(14)7-9/h2-4,7-8H,5-6H2,1H3,(H,15,18)(H,16,17). The van der Waals surface area contributed by atoms with Gasteiger partial charge in [0, 0.05) is 4.47 Å². The summed E-state index contributed by atoms with van der Waals surface area (Å²) in [7, 11) is 0. The second-order valence-corrected chi connectivity index (χ2v) is 5.54. The highest BCUT2D eigenvalue weighted by atomic mass is 79.9. The number of nitrogens with one attached hydrogen (secondary N) is 1. The molecule has 0 radical (unpaired) electrons. The maximum absolute atomic E-state index is 12.2. The lowest BCUT2D eigenvalue weighted by Crippen LogP contribution is -2.43. The molecule has 0 bridgehead atoms. The number of carboxylic acid groups (broad SMARTS) is 1. The van der Waals surface area contributed by atoms with Gasteiger partial charge in [-0.15, -0.1) is 0 Å². The molecule has 1 unspecified atom stereocenters. The van der Waals surface area contributed by atoms with E-state index in [9.17, 15) is 9.59 Å². The van der Waals surface area contributed by atoms with Crippen molar-refractivity contribution in [3.05, 3.63) is 34.3 Å². The number of benzene rings is 1. The van der Waals surface area contributed by atoms with Gasteiger partial charge in [0.25, 0.3) is 0 Å². The molecular weight excluding hydrogens is 298 g/mol. The van der Waals surface area contributed by atoms with Crippen LogP contribution in [0.4, 0.5) is 0 Å². The highest BCUT2D eigenvalue weighted by Gasteiger charge is 2.51. The molecular formula is C13H14BrNO3. The Morgan fingerprint density at radius 2 is 2.11 bits per heavy atom. The Balaban J connectivity index is 2.17. The smallest absolute Gasteiger partial charge is 0.325 e. The van der Waals surface area contributed by atoms with Crippen molar-refractivity contribution < 1.29 is 14.7 Å². The Kier molecular flexibility index (Phi) is 3.43. The van der Waals surface area contributed by atoms with Crippen molar-refractivity contribution in [2.75, 3.05) is 0 Å². The average molecular weight is 312 g/mol. The van der Waals surface area contributed by atoms with Crippen LogP contribution in [0.25, 0.3) is 0 Å². The summed E-state index contributed by atoms with van der Waals surface area (Å²) in [6, 6.07) is 6.74. The molecule has 0 aromatic heterocycles. The van der Waals surface area contributed by atoms with Crippen molar-refractivity contribution in [3.63, 3.8) is 0 Å². The molecule has 1 saturated carbocycles. The Hall–Kier alpha value is -1.36. The zero-order valence-corrected chi connectivity index (χ0v) is 11.5. The largest absolute Gasteiger partial charge is 0.480 e. The third-order valence-electron chi connectivity index (χ3n) is 3.28. The van der Waals surface area contributed by atoms with Crippen LogP contribution in [0.2, 0.25) is 0 Å². The van der Waals surface area contributed by atoms with Gasteiger partial charge in [0.2, 0.25) is 5.91 Å². The van der Waals surface area contributed by atoms with Crippen LogP contribution >= 0.6 is 15.9 Å². The number of hydrogen-bond donors (Lipinski definition) is 2. The van der Waals surface area contributed by atoms with Gasteiger partial charge in [-0.05, 0) is 37.5 Å². The van der Waals surface area contributed by atoms with E-state index in [1.165, 1.54) is 6.92 Å². The molecule has 1 aromatic carbocycles. The minimum absolute atomic E-state index is 0.199. The minimum Gasteiger partial charge on any atom is -0.480 e. The number of hydrogen-bond acceptors (Lipinski definition) is 2. The van der Waals surface area contributed by atoms with E-state index in [0.717, 1.165) is 22.9 Å². The van der Waals surface area contributed by atoms with Gasteiger partial charge in [-0.25, -0.2) is 0 Å². The first-order valence-corrected chi connectivity index (χ1v) is 6.55. The summed E-state index contributed by atoms with van der Waals surface area (Å²) < 4.78 is 0.922. The number of carbonyl (C=O) groups excluding carboxylic acids is 1. The average Bonchev–Trinajstić information content (AvgIpc) is 3.09. The second-order valence-electron chi connectivity index (χ2n) is 4.63. The van der Waals surface area contributed by atoms with E-state index in [1.54, 1.807) is 0 Å². The highest BCUT2D eigenvalue weighted by molar-refractivity contribution is 9.10. The topological polar surface area (TPSA) is 66.4 Å². The molecule has 96 valence electrons. The van der Waals surface area contributed by atoms with E-state index in [2.05, 4.69) is 21.2 Å². The van der Waals surface area contributed by atoms with Gasteiger partial charge in [0.15, 0.2) is 0 Å². The van der Waals surface area contributed by atoms with E-state index in [4.69, 9.17) is 5.11 Å². The summed E-state index contributed by atoms with van der Waals surface area (Å²) in [5, 5.41) is 11.4. The third kappa shape index (κ3) is 2.41. The summed E-state index contributed by atoms with van der Waals surface area (Å²) in [6.07, 6.45) is 1.53. The molecule has 5 heteroatoms. The molecule has 2 N–H and O–H groups in total. The second kappa shape index (κ2) is 4.72. The minimum atomic E-state index is -1.02. The maximum Gasteiger partial charge on any atom is 0.325 e. The molecule has 4 nitrogen and oxygen atoms in total. The molecule has 1 fully saturated rings. The summed E-state index contributed by atoms with van der Waals surface area (Å²) in [6.45, 7) is 1.47. The summed E-state index contributed by atoms with van der Waals surface area (Å²) in [4.78, 5) is 22.9. The summed E-state index contributed by atoms with van der Waals surface area (Å²) >= 11 is 3.38. The lowest BCUT2D eigenvalue weighted by atomic mass is 9.95. The monoisotopic (exact) mass is 311 g/mol. The van der Waals surface area contributed by atoms with Gasteiger partial charge in [-0.2, -0.15) is 0 Å². The van der Waals surface area contributed by atoms with E-state index < -0.39 is 17.4 Å². The molecule has 1 aromatic rings. The van der Waals surface area contributed by atoms with Crippen molar-refractivity contribution in [2.45, 2.75) is 31.2 Å². The Bertz CT molecular complexity index is 497. The third-order valence-corrected chi connectivity index (χ3v) is 3.77. The number of aliphatic carboxylic acids is 1. The number of halogens is 1. The fraction of sp³-hybridized carbons (Fsp3) is 0.385. The Morgan fingerprint density at radius 3 is 2.61 bits per heavy atom.